The molecule has 7 aromatic carbocycles. The molecule has 0 saturated carbocycles. The lowest BCUT2D eigenvalue weighted by Crippen LogP contribution is -2.28. The number of aryl methyl sites for hydroxylation is 1. The van der Waals surface area contributed by atoms with Crippen molar-refractivity contribution in [2.45, 2.75) is 38.5 Å². The van der Waals surface area contributed by atoms with E-state index in [4.69, 9.17) is 4.42 Å². The average molecular weight is 698 g/mol. The van der Waals surface area contributed by atoms with E-state index >= 15 is 0 Å². The molecule has 0 amide bonds. The molecule has 4 nitrogen and oxygen atoms in total. The van der Waals surface area contributed by atoms with E-state index in [9.17, 15) is 0 Å². The molecular weight excluding hydrogens is 659 g/mol. The van der Waals surface area contributed by atoms with Crippen molar-refractivity contribution in [3.8, 4) is 39.7 Å². The fourth-order valence-corrected chi connectivity index (χ4v) is 8.64. The minimum atomic E-state index is -0.558. The van der Waals surface area contributed by atoms with Crippen molar-refractivity contribution in [1.82, 2.24) is 14.8 Å². The number of para-hydroxylation sites is 2. The highest BCUT2D eigenvalue weighted by Crippen LogP contribution is 2.57. The molecule has 0 aliphatic heterocycles. The van der Waals surface area contributed by atoms with Gasteiger partial charge < -0.3 is 8.98 Å². The number of hydrogen-bond donors (Lipinski definition) is 0. The first kappa shape index (κ1) is 32.2. The van der Waals surface area contributed by atoms with Crippen molar-refractivity contribution in [3.05, 3.63) is 197 Å². The molecule has 2 heterocycles. The maximum Gasteiger partial charge on any atom is 0.248 e. The van der Waals surface area contributed by atoms with Crippen molar-refractivity contribution in [3.63, 3.8) is 0 Å². The Balaban J connectivity index is 1.17. The molecule has 1 atom stereocenters. The fraction of sp³-hybridized carbons (Fsp3) is 0.120. The van der Waals surface area contributed by atoms with Gasteiger partial charge in [-0.1, -0.05) is 136 Å². The Morgan fingerprint density at radius 2 is 1.15 bits per heavy atom. The number of aromatic nitrogens is 3. The van der Waals surface area contributed by atoms with E-state index in [-0.39, 0.29) is 5.41 Å². The smallest absolute Gasteiger partial charge is 0.248 e. The van der Waals surface area contributed by atoms with Crippen molar-refractivity contribution in [1.29, 1.82) is 0 Å². The van der Waals surface area contributed by atoms with Crippen LogP contribution in [-0.2, 0) is 10.8 Å². The normalized spacial score (nSPS) is 15.1. The van der Waals surface area contributed by atoms with Crippen molar-refractivity contribution in [2.24, 2.45) is 0 Å². The van der Waals surface area contributed by atoms with Crippen molar-refractivity contribution in [2.75, 3.05) is 0 Å². The molecule has 0 saturated heterocycles. The molecule has 1 aliphatic rings. The van der Waals surface area contributed by atoms with E-state index in [0.717, 1.165) is 16.8 Å². The van der Waals surface area contributed by atoms with Crippen molar-refractivity contribution < 1.29 is 4.42 Å². The summed E-state index contributed by atoms with van der Waals surface area (Å²) >= 11 is 0. The molecule has 0 fully saturated rings. The topological polar surface area (TPSA) is 43.9 Å². The molecule has 4 heteroatoms. The molecule has 0 N–H and O–H groups in total. The van der Waals surface area contributed by atoms with E-state index in [1.54, 1.807) is 0 Å². The molecule has 10 rings (SSSR count). The third-order valence-corrected chi connectivity index (χ3v) is 11.3. The molecule has 0 radical (unpaired) electrons. The van der Waals surface area contributed by atoms with Gasteiger partial charge in [-0.05, 0) is 106 Å². The van der Waals surface area contributed by atoms with Crippen molar-refractivity contribution >= 4 is 21.8 Å². The van der Waals surface area contributed by atoms with Crippen LogP contribution in [0.3, 0.4) is 0 Å². The lowest BCUT2D eigenvalue weighted by molar-refractivity contribution is 0.582. The van der Waals surface area contributed by atoms with Crippen LogP contribution in [0.5, 0.6) is 0 Å². The first-order valence-electron chi connectivity index (χ1n) is 18.7. The van der Waals surface area contributed by atoms with Gasteiger partial charge in [0.1, 0.15) is 0 Å². The minimum absolute atomic E-state index is 0.0693. The highest BCUT2D eigenvalue weighted by molar-refractivity contribution is 6.10. The van der Waals surface area contributed by atoms with Crippen LogP contribution in [0.15, 0.2) is 168 Å². The molecule has 54 heavy (non-hydrogen) atoms. The summed E-state index contributed by atoms with van der Waals surface area (Å²) in [7, 11) is 0. The molecule has 260 valence electrons. The quantitative estimate of drug-likeness (QED) is 0.180. The Bertz CT molecular complexity index is 2850. The molecule has 0 bridgehead atoms. The van der Waals surface area contributed by atoms with E-state index < -0.39 is 5.41 Å². The fourth-order valence-electron chi connectivity index (χ4n) is 8.64. The highest BCUT2D eigenvalue weighted by Gasteiger charge is 2.46. The van der Waals surface area contributed by atoms with Gasteiger partial charge >= 0.3 is 0 Å². The number of rotatable bonds is 5. The zero-order valence-corrected chi connectivity index (χ0v) is 30.8. The van der Waals surface area contributed by atoms with Gasteiger partial charge in [0.25, 0.3) is 0 Å². The van der Waals surface area contributed by atoms with Crippen LogP contribution in [0.25, 0.3) is 61.5 Å². The van der Waals surface area contributed by atoms with Crippen LogP contribution in [0.1, 0.15) is 54.2 Å². The van der Waals surface area contributed by atoms with Crippen LogP contribution in [0.2, 0.25) is 0 Å². The van der Waals surface area contributed by atoms with Crippen LogP contribution in [-0.4, -0.2) is 14.8 Å². The standard InChI is InChI=1S/C50H39N3O/c1-32-18-23-36(24-19-32)50(37-27-29-46-42(31-37)40-15-9-11-17-45(40)53(46)38-12-6-5-7-13-38)43-16-10-8-14-39(43)41-30-34(22-28-44(41)50)48-52-51-47(54-48)33-20-25-35(26-21-33)49(2,3)4/h5-31H,1-4H3. The Hall–Kier alpha value is -6.52. The predicted molar refractivity (Wildman–Crippen MR) is 220 cm³/mol. The first-order valence-corrected chi connectivity index (χ1v) is 18.7. The second kappa shape index (κ2) is 12.0. The predicted octanol–water partition coefficient (Wildman–Crippen LogP) is 12.5. The maximum absolute atomic E-state index is 6.37. The van der Waals surface area contributed by atoms with E-state index in [0.29, 0.717) is 11.8 Å². The van der Waals surface area contributed by atoms with Crippen LogP contribution in [0, 0.1) is 6.92 Å². The molecule has 0 spiro atoms. The highest BCUT2D eigenvalue weighted by atomic mass is 16.4. The number of fused-ring (bicyclic) bond motifs is 6. The summed E-state index contributed by atoms with van der Waals surface area (Å²) in [5, 5.41) is 11.5. The van der Waals surface area contributed by atoms with Gasteiger partial charge in [0.2, 0.25) is 11.8 Å². The summed E-state index contributed by atoms with van der Waals surface area (Å²) in [5.74, 6) is 1.02. The SMILES string of the molecule is Cc1ccc(C2(c3ccc4c(c3)c3ccccc3n4-c3ccccc3)c3ccccc3-c3cc(-c4nnc(-c5ccc(C(C)(C)C)cc5)o4)ccc32)cc1. The van der Waals surface area contributed by atoms with Gasteiger partial charge in [-0.15, -0.1) is 10.2 Å². The zero-order chi connectivity index (χ0) is 36.6. The Morgan fingerprint density at radius 1 is 0.519 bits per heavy atom. The van der Waals surface area contributed by atoms with E-state index in [2.05, 4.69) is 206 Å². The average Bonchev–Trinajstić information content (AvgIpc) is 3.90. The summed E-state index contributed by atoms with van der Waals surface area (Å²) in [5.41, 5.74) is 14.7. The second-order valence-electron chi connectivity index (χ2n) is 15.6. The summed E-state index contributed by atoms with van der Waals surface area (Å²) in [6.45, 7) is 8.81. The third-order valence-electron chi connectivity index (χ3n) is 11.3. The Labute approximate surface area is 315 Å². The van der Waals surface area contributed by atoms with Gasteiger partial charge in [0, 0.05) is 27.6 Å². The summed E-state index contributed by atoms with van der Waals surface area (Å²) < 4.78 is 8.75. The van der Waals surface area contributed by atoms with Crippen LogP contribution < -0.4 is 0 Å². The van der Waals surface area contributed by atoms with Crippen LogP contribution in [0.4, 0.5) is 0 Å². The largest absolute Gasteiger partial charge is 0.416 e. The number of nitrogens with zero attached hydrogens (tertiary/aromatic N) is 3. The molecular formula is C50H39N3O. The molecule has 1 unspecified atom stereocenters. The minimum Gasteiger partial charge on any atom is -0.416 e. The molecule has 1 aliphatic carbocycles. The van der Waals surface area contributed by atoms with Gasteiger partial charge in [0.05, 0.1) is 16.4 Å². The monoisotopic (exact) mass is 697 g/mol. The van der Waals surface area contributed by atoms with Gasteiger partial charge in [0.15, 0.2) is 0 Å². The third kappa shape index (κ3) is 4.83. The summed E-state index contributed by atoms with van der Waals surface area (Å²) in [6.07, 6.45) is 0. The Kier molecular flexibility index (Phi) is 7.15. The summed E-state index contributed by atoms with van der Waals surface area (Å²) in [4.78, 5) is 0. The number of hydrogen-bond acceptors (Lipinski definition) is 3. The maximum atomic E-state index is 6.37. The van der Waals surface area contributed by atoms with Gasteiger partial charge in [-0.25, -0.2) is 0 Å². The molecule has 9 aromatic rings. The Morgan fingerprint density at radius 3 is 1.93 bits per heavy atom. The number of benzene rings is 7. The lowest BCUT2D eigenvalue weighted by atomic mass is 9.67. The molecule has 2 aromatic heterocycles. The first-order chi connectivity index (χ1) is 26.3. The van der Waals surface area contributed by atoms with E-state index in [1.165, 1.54) is 66.3 Å². The second-order valence-corrected chi connectivity index (χ2v) is 15.6. The van der Waals surface area contributed by atoms with Gasteiger partial charge in [-0.2, -0.15) is 0 Å². The van der Waals surface area contributed by atoms with Crippen LogP contribution >= 0.6 is 0 Å². The zero-order valence-electron chi connectivity index (χ0n) is 30.8. The van der Waals surface area contributed by atoms with E-state index in [1.807, 2.05) is 0 Å². The van der Waals surface area contributed by atoms with Gasteiger partial charge in [-0.3, -0.25) is 0 Å². The summed E-state index contributed by atoms with van der Waals surface area (Å²) in [6, 6.07) is 59.6. The lowest BCUT2D eigenvalue weighted by Gasteiger charge is -2.34.